The van der Waals surface area contributed by atoms with Gasteiger partial charge in [-0.1, -0.05) is 18.2 Å². The molecule has 0 aliphatic heterocycles. The van der Waals surface area contributed by atoms with E-state index < -0.39 is 11.7 Å². The number of amides is 1. The van der Waals surface area contributed by atoms with Gasteiger partial charge >= 0.3 is 0 Å². The van der Waals surface area contributed by atoms with Crippen molar-refractivity contribution < 1.29 is 18.8 Å². The van der Waals surface area contributed by atoms with Gasteiger partial charge in [-0.3, -0.25) is 14.6 Å². The summed E-state index contributed by atoms with van der Waals surface area (Å²) in [5.74, 6) is -0.485. The molecule has 1 N–H and O–H groups in total. The summed E-state index contributed by atoms with van der Waals surface area (Å²) in [6.45, 7) is 2.29. The Bertz CT molecular complexity index is 919. The first-order chi connectivity index (χ1) is 13.2. The molecule has 0 saturated carbocycles. The smallest absolute Gasteiger partial charge is 0.295 e. The number of aromatic nitrogens is 3. The van der Waals surface area contributed by atoms with E-state index in [-0.39, 0.29) is 12.3 Å². The maximum atomic E-state index is 13.5. The van der Waals surface area contributed by atoms with Gasteiger partial charge in [0.25, 0.3) is 5.91 Å². The molecule has 2 heterocycles. The first-order valence-corrected chi connectivity index (χ1v) is 8.24. The van der Waals surface area contributed by atoms with E-state index >= 15 is 0 Å². The number of hydrogen-bond acceptors (Lipinski definition) is 6. The van der Waals surface area contributed by atoms with Crippen molar-refractivity contribution >= 4 is 5.91 Å². The van der Waals surface area contributed by atoms with E-state index in [4.69, 9.17) is 9.57 Å². The molecular weight excluding hydrogens is 351 g/mol. The number of rotatable bonds is 7. The number of nitrogens with one attached hydrogen (secondary N) is 1. The molecule has 0 atom stereocenters. The van der Waals surface area contributed by atoms with Crippen LogP contribution >= 0.6 is 0 Å². The third kappa shape index (κ3) is 4.83. The van der Waals surface area contributed by atoms with Crippen molar-refractivity contribution in [3.63, 3.8) is 0 Å². The van der Waals surface area contributed by atoms with E-state index in [1.807, 2.05) is 6.92 Å². The molecule has 7 nitrogen and oxygen atoms in total. The Labute approximate surface area is 155 Å². The van der Waals surface area contributed by atoms with Gasteiger partial charge < -0.3 is 4.74 Å². The van der Waals surface area contributed by atoms with Crippen LogP contribution in [0.1, 0.15) is 23.0 Å². The number of carbonyl (C=O) groups is 1. The van der Waals surface area contributed by atoms with Gasteiger partial charge in [0.05, 0.1) is 24.7 Å². The lowest BCUT2D eigenvalue weighted by Gasteiger charge is -2.07. The zero-order valence-corrected chi connectivity index (χ0v) is 14.6. The van der Waals surface area contributed by atoms with E-state index in [1.165, 1.54) is 18.5 Å². The van der Waals surface area contributed by atoms with Crippen molar-refractivity contribution in [2.75, 3.05) is 6.61 Å². The normalized spacial score (nSPS) is 10.4. The molecule has 138 valence electrons. The Morgan fingerprint density at radius 1 is 1.15 bits per heavy atom. The summed E-state index contributed by atoms with van der Waals surface area (Å²) in [5, 5.41) is 0. The molecule has 27 heavy (non-hydrogen) atoms. The lowest BCUT2D eigenvalue weighted by atomic mass is 10.2. The highest BCUT2D eigenvalue weighted by atomic mass is 19.1. The molecule has 8 heteroatoms. The molecule has 0 bridgehead atoms. The number of halogens is 1. The topological polar surface area (TPSA) is 86.2 Å². The molecule has 1 aromatic carbocycles. The molecule has 0 unspecified atom stereocenters. The summed E-state index contributed by atoms with van der Waals surface area (Å²) in [5.41, 5.74) is 3.80. The van der Waals surface area contributed by atoms with Crippen molar-refractivity contribution in [1.82, 2.24) is 20.4 Å². The number of hydrogen-bond donors (Lipinski definition) is 1. The van der Waals surface area contributed by atoms with E-state index in [0.717, 1.165) is 0 Å². The standard InChI is InChI=1S/C19H17FN4O3/c1-2-26-18-8-7-13(9-22-18)16-10-21-11-17(23-16)19(25)24-27-12-14-5-3-4-6-15(14)20/h3-11H,2,12H2,1H3,(H,24,25). The zero-order chi connectivity index (χ0) is 19.1. The highest BCUT2D eigenvalue weighted by Gasteiger charge is 2.11. The maximum Gasteiger partial charge on any atom is 0.295 e. The molecule has 3 rings (SSSR count). The fourth-order valence-electron chi connectivity index (χ4n) is 2.23. The Morgan fingerprint density at radius 3 is 2.74 bits per heavy atom. The SMILES string of the molecule is CCOc1ccc(-c2cncc(C(=O)NOCc3ccccc3F)n2)cn1. The Hall–Kier alpha value is -3.39. The molecule has 0 aliphatic carbocycles. The van der Waals surface area contributed by atoms with Crippen LogP contribution in [-0.2, 0) is 11.4 Å². The number of pyridine rings is 1. The lowest BCUT2D eigenvalue weighted by Crippen LogP contribution is -2.25. The van der Waals surface area contributed by atoms with E-state index in [1.54, 1.807) is 36.5 Å². The Kier molecular flexibility index (Phi) is 6.01. The minimum atomic E-state index is -0.584. The van der Waals surface area contributed by atoms with Crippen LogP contribution in [0.15, 0.2) is 55.0 Å². The number of ether oxygens (including phenoxy) is 1. The van der Waals surface area contributed by atoms with Crippen LogP contribution in [0.4, 0.5) is 4.39 Å². The molecule has 0 saturated heterocycles. The second-order valence-electron chi connectivity index (χ2n) is 5.42. The molecule has 1 amide bonds. The molecule has 0 fully saturated rings. The fraction of sp³-hybridized carbons (Fsp3) is 0.158. The molecule has 0 spiro atoms. The van der Waals surface area contributed by atoms with Gasteiger partial charge in [-0.05, 0) is 19.1 Å². The van der Waals surface area contributed by atoms with Crippen LogP contribution in [0, 0.1) is 5.82 Å². The molecule has 3 aromatic rings. The molecule has 0 radical (unpaired) electrons. The van der Waals surface area contributed by atoms with E-state index in [9.17, 15) is 9.18 Å². The third-order valence-corrected chi connectivity index (χ3v) is 3.54. The fourth-order valence-corrected chi connectivity index (χ4v) is 2.23. The Morgan fingerprint density at radius 2 is 2.00 bits per heavy atom. The van der Waals surface area contributed by atoms with Crippen LogP contribution in [0.2, 0.25) is 0 Å². The van der Waals surface area contributed by atoms with Crippen LogP contribution in [0.5, 0.6) is 5.88 Å². The van der Waals surface area contributed by atoms with Gasteiger partial charge in [-0.15, -0.1) is 0 Å². The minimum absolute atomic E-state index is 0.0647. The third-order valence-electron chi connectivity index (χ3n) is 3.54. The van der Waals surface area contributed by atoms with Crippen molar-refractivity contribution in [3.05, 3.63) is 72.1 Å². The molecular formula is C19H17FN4O3. The summed E-state index contributed by atoms with van der Waals surface area (Å²) < 4.78 is 18.8. The van der Waals surface area contributed by atoms with Crippen LogP contribution in [0.3, 0.4) is 0 Å². The van der Waals surface area contributed by atoms with Crippen LogP contribution < -0.4 is 10.2 Å². The monoisotopic (exact) mass is 368 g/mol. The summed E-state index contributed by atoms with van der Waals surface area (Å²) >= 11 is 0. The highest BCUT2D eigenvalue weighted by molar-refractivity contribution is 5.91. The average Bonchev–Trinajstić information content (AvgIpc) is 2.70. The van der Waals surface area contributed by atoms with Gasteiger partial charge in [0.2, 0.25) is 5.88 Å². The average molecular weight is 368 g/mol. The van der Waals surface area contributed by atoms with Gasteiger partial charge in [0, 0.05) is 23.4 Å². The summed E-state index contributed by atoms with van der Waals surface area (Å²) in [4.78, 5) is 29.7. The molecule has 2 aromatic heterocycles. The summed E-state index contributed by atoms with van der Waals surface area (Å²) in [7, 11) is 0. The van der Waals surface area contributed by atoms with Crippen molar-refractivity contribution in [2.45, 2.75) is 13.5 Å². The largest absolute Gasteiger partial charge is 0.478 e. The maximum absolute atomic E-state index is 13.5. The number of hydroxylamine groups is 1. The van der Waals surface area contributed by atoms with Crippen molar-refractivity contribution in [1.29, 1.82) is 0 Å². The van der Waals surface area contributed by atoms with Gasteiger partial charge in [0.1, 0.15) is 18.1 Å². The number of carbonyl (C=O) groups excluding carboxylic acids is 1. The van der Waals surface area contributed by atoms with Crippen molar-refractivity contribution in [3.8, 4) is 17.1 Å². The van der Waals surface area contributed by atoms with Gasteiger partial charge in [-0.2, -0.15) is 0 Å². The van der Waals surface area contributed by atoms with Gasteiger partial charge in [-0.25, -0.2) is 19.8 Å². The summed E-state index contributed by atoms with van der Waals surface area (Å²) in [6, 6.07) is 9.64. The lowest BCUT2D eigenvalue weighted by molar-refractivity contribution is 0.0219. The molecule has 0 aliphatic rings. The van der Waals surface area contributed by atoms with Gasteiger partial charge in [0.15, 0.2) is 0 Å². The van der Waals surface area contributed by atoms with Crippen molar-refractivity contribution in [2.24, 2.45) is 0 Å². The second-order valence-corrected chi connectivity index (χ2v) is 5.42. The van der Waals surface area contributed by atoms with E-state index in [0.29, 0.717) is 29.3 Å². The predicted octanol–water partition coefficient (Wildman–Crippen LogP) is 2.94. The van der Waals surface area contributed by atoms with Crippen LogP contribution in [-0.4, -0.2) is 27.5 Å². The van der Waals surface area contributed by atoms with Crippen LogP contribution in [0.25, 0.3) is 11.3 Å². The zero-order valence-electron chi connectivity index (χ0n) is 14.6. The Balaban J connectivity index is 1.64. The summed E-state index contributed by atoms with van der Waals surface area (Å²) in [6.07, 6.45) is 4.42. The van der Waals surface area contributed by atoms with E-state index in [2.05, 4.69) is 20.4 Å². The quantitative estimate of drug-likeness (QED) is 0.646. The minimum Gasteiger partial charge on any atom is -0.478 e. The second kappa shape index (κ2) is 8.81. The first kappa shape index (κ1) is 18.4. The highest BCUT2D eigenvalue weighted by Crippen LogP contribution is 2.18. The first-order valence-electron chi connectivity index (χ1n) is 8.24. The predicted molar refractivity (Wildman–Crippen MR) is 95.1 cm³/mol. The number of nitrogens with zero attached hydrogens (tertiary/aromatic N) is 3. The number of benzene rings is 1.